The van der Waals surface area contributed by atoms with E-state index in [1.807, 2.05) is 20.8 Å². The lowest BCUT2D eigenvalue weighted by Gasteiger charge is -2.13. The molecule has 0 saturated heterocycles. The van der Waals surface area contributed by atoms with Gasteiger partial charge in [-0.3, -0.25) is 4.79 Å². The Labute approximate surface area is 177 Å². The highest BCUT2D eigenvalue weighted by atomic mass is 32.2. The second-order valence-electron chi connectivity index (χ2n) is 7.16. The molecule has 0 aromatic heterocycles. The second kappa shape index (κ2) is 8.49. The summed E-state index contributed by atoms with van der Waals surface area (Å²) in [4.78, 5) is 14.1. The van der Waals surface area contributed by atoms with E-state index >= 15 is 0 Å². The van der Waals surface area contributed by atoms with E-state index in [9.17, 15) is 13.2 Å². The highest BCUT2D eigenvalue weighted by Crippen LogP contribution is 2.38. The third kappa shape index (κ3) is 4.06. The van der Waals surface area contributed by atoms with Gasteiger partial charge in [0.05, 0.1) is 24.3 Å². The summed E-state index contributed by atoms with van der Waals surface area (Å²) in [6, 6.07) is 10.0. The number of ether oxygens (including phenoxy) is 2. The van der Waals surface area contributed by atoms with Gasteiger partial charge in [-0.1, -0.05) is 11.6 Å². The average Bonchev–Trinajstić information content (AvgIpc) is 2.97. The van der Waals surface area contributed by atoms with Crippen LogP contribution in [0.2, 0.25) is 0 Å². The Hall–Kier alpha value is -2.84. The van der Waals surface area contributed by atoms with Gasteiger partial charge < -0.3 is 14.4 Å². The van der Waals surface area contributed by atoms with Crippen molar-refractivity contribution in [2.45, 2.75) is 32.2 Å². The summed E-state index contributed by atoms with van der Waals surface area (Å²) in [5.74, 6) is 1.02. The molecule has 0 radical (unpaired) electrons. The van der Waals surface area contributed by atoms with Crippen LogP contribution in [0.25, 0.3) is 5.57 Å². The lowest BCUT2D eigenvalue weighted by atomic mass is 10.0. The minimum absolute atomic E-state index is 0.0938. The minimum atomic E-state index is -3.78. The summed E-state index contributed by atoms with van der Waals surface area (Å²) < 4.78 is 39.2. The zero-order valence-electron chi connectivity index (χ0n) is 17.8. The number of fused-ring (bicyclic) bond motifs is 1. The molecule has 1 aliphatic rings. The van der Waals surface area contributed by atoms with E-state index in [-0.39, 0.29) is 17.3 Å². The summed E-state index contributed by atoms with van der Waals surface area (Å²) in [7, 11) is -0.558. The van der Waals surface area contributed by atoms with Crippen LogP contribution in [0, 0.1) is 0 Å². The highest BCUT2D eigenvalue weighted by molar-refractivity contribution is 7.89. The number of methoxy groups -OCH3 is 1. The van der Waals surface area contributed by atoms with Gasteiger partial charge >= 0.3 is 0 Å². The molecule has 0 atom stereocenters. The van der Waals surface area contributed by atoms with Crippen LogP contribution in [0.1, 0.15) is 31.9 Å². The number of carbonyl (C=O) groups is 1. The third-order valence-electron chi connectivity index (χ3n) is 4.92. The average molecular weight is 431 g/mol. The molecule has 3 rings (SSSR count). The van der Waals surface area contributed by atoms with Gasteiger partial charge in [0.1, 0.15) is 0 Å². The van der Waals surface area contributed by atoms with Crippen LogP contribution in [0.15, 0.2) is 46.9 Å². The Morgan fingerprint density at radius 2 is 1.83 bits per heavy atom. The molecule has 0 saturated carbocycles. The van der Waals surface area contributed by atoms with Gasteiger partial charge in [0.2, 0.25) is 10.0 Å². The van der Waals surface area contributed by atoms with E-state index in [0.717, 1.165) is 11.1 Å². The summed E-state index contributed by atoms with van der Waals surface area (Å²) in [6.45, 7) is 6.16. The maximum absolute atomic E-state index is 12.9. The first-order valence-electron chi connectivity index (χ1n) is 9.59. The van der Waals surface area contributed by atoms with Crippen LogP contribution in [0.5, 0.6) is 11.5 Å². The molecule has 2 aromatic carbocycles. The molecule has 7 nitrogen and oxygen atoms in total. The fourth-order valence-corrected chi connectivity index (χ4v) is 4.45. The lowest BCUT2D eigenvalue weighted by molar-refractivity contribution is -0.112. The van der Waals surface area contributed by atoms with Gasteiger partial charge in [-0.15, -0.1) is 0 Å². The Morgan fingerprint density at radius 3 is 2.47 bits per heavy atom. The first-order chi connectivity index (χ1) is 14.2. The molecule has 30 heavy (non-hydrogen) atoms. The maximum atomic E-state index is 12.9. The molecule has 1 aliphatic heterocycles. The summed E-state index contributed by atoms with van der Waals surface area (Å²) in [5, 5.41) is 0. The molecule has 0 unspecified atom stereocenters. The third-order valence-corrected chi connectivity index (χ3v) is 6.32. The number of anilines is 1. The number of nitrogens with zero attached hydrogens (tertiary/aromatic N) is 1. The van der Waals surface area contributed by atoms with Gasteiger partial charge in [0.15, 0.2) is 11.5 Å². The molecular weight excluding hydrogens is 404 g/mol. The monoisotopic (exact) mass is 430 g/mol. The number of benzene rings is 2. The van der Waals surface area contributed by atoms with E-state index in [4.69, 9.17) is 9.47 Å². The van der Waals surface area contributed by atoms with Crippen molar-refractivity contribution >= 4 is 27.2 Å². The van der Waals surface area contributed by atoms with Gasteiger partial charge in [0.25, 0.3) is 5.91 Å². The molecule has 0 spiro atoms. The lowest BCUT2D eigenvalue weighted by Crippen LogP contribution is -2.23. The van der Waals surface area contributed by atoms with Gasteiger partial charge in [-0.2, -0.15) is 0 Å². The fourth-order valence-electron chi connectivity index (χ4n) is 3.41. The van der Waals surface area contributed by atoms with Crippen LogP contribution in [-0.4, -0.2) is 35.1 Å². The summed E-state index contributed by atoms with van der Waals surface area (Å²) in [5.41, 5.74) is 3.45. The smallest absolute Gasteiger partial charge is 0.258 e. The van der Waals surface area contributed by atoms with Crippen molar-refractivity contribution in [2.75, 3.05) is 25.7 Å². The first-order valence-corrected chi connectivity index (χ1v) is 11.1. The van der Waals surface area contributed by atoms with Crippen LogP contribution in [0.3, 0.4) is 0 Å². The van der Waals surface area contributed by atoms with Crippen molar-refractivity contribution < 1.29 is 22.7 Å². The van der Waals surface area contributed by atoms with Crippen LogP contribution < -0.4 is 19.1 Å². The molecule has 1 N–H and O–H groups in total. The van der Waals surface area contributed by atoms with Crippen molar-refractivity contribution in [2.24, 2.45) is 0 Å². The Bertz CT molecular complexity index is 1120. The number of sulfonamides is 1. The molecule has 1 amide bonds. The number of likely N-dealkylation sites (N-methyl/N-ethyl adjacent to an activating group) is 1. The Morgan fingerprint density at radius 1 is 1.10 bits per heavy atom. The second-order valence-corrected chi connectivity index (χ2v) is 8.93. The molecule has 160 valence electrons. The van der Waals surface area contributed by atoms with Crippen LogP contribution in [0.4, 0.5) is 5.69 Å². The molecule has 8 heteroatoms. The summed E-state index contributed by atoms with van der Waals surface area (Å²) >= 11 is 0. The fraction of sp³-hybridized carbons (Fsp3) is 0.318. The number of rotatable bonds is 7. The zero-order valence-corrected chi connectivity index (χ0v) is 18.6. The Balaban J connectivity index is 1.86. The van der Waals surface area contributed by atoms with E-state index in [0.29, 0.717) is 34.9 Å². The van der Waals surface area contributed by atoms with Crippen LogP contribution >= 0.6 is 0 Å². The van der Waals surface area contributed by atoms with E-state index in [1.54, 1.807) is 37.4 Å². The minimum Gasteiger partial charge on any atom is -0.493 e. The molecular formula is C22H26N2O5S. The number of carbonyl (C=O) groups excluding carboxylic acids is 1. The van der Waals surface area contributed by atoms with Crippen molar-refractivity contribution in [1.82, 2.24) is 4.72 Å². The molecule has 2 aromatic rings. The predicted molar refractivity (Wildman–Crippen MR) is 116 cm³/mol. The van der Waals surface area contributed by atoms with Gasteiger partial charge in [-0.05, 0) is 56.7 Å². The van der Waals surface area contributed by atoms with E-state index in [1.165, 1.54) is 18.1 Å². The predicted octanol–water partition coefficient (Wildman–Crippen LogP) is 3.34. The number of hydrogen-bond acceptors (Lipinski definition) is 5. The Kier molecular flexibility index (Phi) is 6.19. The van der Waals surface area contributed by atoms with Crippen molar-refractivity contribution in [3.8, 4) is 11.5 Å². The standard InChI is InChI=1S/C22H26N2O5S/c1-6-29-19-10-7-15(11-20(19)28-5)13-23-30(26,27)16-8-9-18-17(12-16)21(14(2)3)22(25)24(18)4/h7-12,23H,6,13H2,1-5H3. The topological polar surface area (TPSA) is 84.9 Å². The number of allylic oxidation sites excluding steroid dienone is 1. The molecule has 0 bridgehead atoms. The molecule has 0 aliphatic carbocycles. The van der Waals surface area contributed by atoms with Crippen molar-refractivity contribution in [1.29, 1.82) is 0 Å². The highest BCUT2D eigenvalue weighted by Gasteiger charge is 2.31. The van der Waals surface area contributed by atoms with Gasteiger partial charge in [-0.25, -0.2) is 13.1 Å². The van der Waals surface area contributed by atoms with Gasteiger partial charge in [0, 0.05) is 24.7 Å². The maximum Gasteiger partial charge on any atom is 0.258 e. The SMILES string of the molecule is CCOc1ccc(CNS(=O)(=O)c2ccc3c(c2)C(=C(C)C)C(=O)N3C)cc1OC. The van der Waals surface area contributed by atoms with E-state index < -0.39 is 10.0 Å². The zero-order chi connectivity index (χ0) is 22.1. The number of nitrogens with one attached hydrogen (secondary N) is 1. The number of hydrogen-bond donors (Lipinski definition) is 1. The summed E-state index contributed by atoms with van der Waals surface area (Å²) in [6.07, 6.45) is 0. The molecule has 0 fully saturated rings. The van der Waals surface area contributed by atoms with Crippen molar-refractivity contribution in [3.05, 3.63) is 53.1 Å². The normalized spacial score (nSPS) is 13.4. The van der Waals surface area contributed by atoms with Crippen molar-refractivity contribution in [3.63, 3.8) is 0 Å². The molecule has 1 heterocycles. The first kappa shape index (κ1) is 21.9. The van der Waals surface area contributed by atoms with E-state index in [2.05, 4.69) is 4.72 Å². The largest absolute Gasteiger partial charge is 0.493 e. The van der Waals surface area contributed by atoms with Crippen LogP contribution in [-0.2, 0) is 21.4 Å². The number of amides is 1. The quantitative estimate of drug-likeness (QED) is 0.681.